The Bertz CT molecular complexity index is 1430. The SMILES string of the molecule is COc1cccc([C@H]2c3cccn3-c3sc4c(c3CN2C(=O)Nc2ccc(F)cc2)CCN(C)C4)c1. The van der Waals surface area contributed by atoms with Gasteiger partial charge in [0, 0.05) is 35.4 Å². The van der Waals surface area contributed by atoms with Crippen LogP contribution in [0.3, 0.4) is 0 Å². The molecule has 0 saturated heterocycles. The zero-order valence-electron chi connectivity index (χ0n) is 20.2. The van der Waals surface area contributed by atoms with Gasteiger partial charge in [0.1, 0.15) is 16.6 Å². The molecule has 2 aromatic heterocycles. The molecule has 0 aliphatic carbocycles. The van der Waals surface area contributed by atoms with Crippen molar-refractivity contribution in [2.45, 2.75) is 25.6 Å². The van der Waals surface area contributed by atoms with Crippen molar-refractivity contribution in [3.05, 3.63) is 99.9 Å². The van der Waals surface area contributed by atoms with E-state index in [0.717, 1.165) is 36.5 Å². The molecule has 0 saturated carbocycles. The van der Waals surface area contributed by atoms with E-state index in [9.17, 15) is 9.18 Å². The lowest BCUT2D eigenvalue weighted by Gasteiger charge is -2.32. The third-order valence-corrected chi connectivity index (χ3v) is 8.28. The summed E-state index contributed by atoms with van der Waals surface area (Å²) in [5.74, 6) is 0.401. The molecule has 2 aromatic carbocycles. The molecule has 1 atom stereocenters. The highest BCUT2D eigenvalue weighted by Crippen LogP contribution is 2.44. The first kappa shape index (κ1) is 22.8. The number of thiophene rings is 1. The van der Waals surface area contributed by atoms with Crippen LogP contribution in [0.2, 0.25) is 0 Å². The van der Waals surface area contributed by atoms with Crippen LogP contribution < -0.4 is 10.1 Å². The fourth-order valence-corrected chi connectivity index (χ4v) is 6.69. The van der Waals surface area contributed by atoms with E-state index in [1.165, 1.54) is 33.1 Å². The van der Waals surface area contributed by atoms with E-state index in [-0.39, 0.29) is 17.9 Å². The fraction of sp³-hybridized carbons (Fsp3) is 0.250. The zero-order chi connectivity index (χ0) is 24.8. The Morgan fingerprint density at radius 3 is 2.72 bits per heavy atom. The Morgan fingerprint density at radius 1 is 1.08 bits per heavy atom. The lowest BCUT2D eigenvalue weighted by molar-refractivity contribution is 0.194. The number of ether oxygens (including phenoxy) is 1. The van der Waals surface area contributed by atoms with Gasteiger partial charge >= 0.3 is 6.03 Å². The first-order chi connectivity index (χ1) is 17.5. The van der Waals surface area contributed by atoms with Crippen molar-refractivity contribution in [1.82, 2.24) is 14.4 Å². The van der Waals surface area contributed by atoms with Crippen LogP contribution >= 0.6 is 11.3 Å². The molecule has 8 heteroatoms. The van der Waals surface area contributed by atoms with Crippen molar-refractivity contribution in [3.63, 3.8) is 0 Å². The molecule has 2 aliphatic rings. The molecule has 1 N–H and O–H groups in total. The summed E-state index contributed by atoms with van der Waals surface area (Å²) in [5.41, 5.74) is 5.11. The number of carbonyl (C=O) groups is 1. The summed E-state index contributed by atoms with van der Waals surface area (Å²) in [7, 11) is 3.80. The van der Waals surface area contributed by atoms with Gasteiger partial charge in [0.05, 0.1) is 25.4 Å². The summed E-state index contributed by atoms with van der Waals surface area (Å²) in [6.07, 6.45) is 3.06. The predicted molar refractivity (Wildman–Crippen MR) is 139 cm³/mol. The van der Waals surface area contributed by atoms with E-state index >= 15 is 0 Å². The molecule has 184 valence electrons. The molecule has 6 rings (SSSR count). The number of anilines is 1. The molecule has 4 heterocycles. The lowest BCUT2D eigenvalue weighted by atomic mass is 10.00. The first-order valence-corrected chi connectivity index (χ1v) is 12.8. The van der Waals surface area contributed by atoms with Crippen LogP contribution in [0.1, 0.15) is 33.3 Å². The van der Waals surface area contributed by atoms with Crippen LogP contribution in [-0.4, -0.2) is 41.1 Å². The van der Waals surface area contributed by atoms with Crippen molar-refractivity contribution in [2.24, 2.45) is 0 Å². The fourth-order valence-electron chi connectivity index (χ4n) is 5.24. The molecule has 0 bridgehead atoms. The number of nitrogens with zero attached hydrogens (tertiary/aromatic N) is 3. The molecular weight excluding hydrogens is 475 g/mol. The van der Waals surface area contributed by atoms with E-state index in [2.05, 4.69) is 34.1 Å². The molecule has 0 spiro atoms. The maximum atomic E-state index is 13.9. The average Bonchev–Trinajstić information content (AvgIpc) is 3.46. The van der Waals surface area contributed by atoms with Gasteiger partial charge < -0.3 is 24.4 Å². The summed E-state index contributed by atoms with van der Waals surface area (Å²) in [6.45, 7) is 2.39. The highest BCUT2D eigenvalue weighted by atomic mass is 32.1. The summed E-state index contributed by atoms with van der Waals surface area (Å²) in [4.78, 5) is 19.5. The number of likely N-dealkylation sites (N-methyl/N-ethyl adjacent to an activating group) is 1. The Morgan fingerprint density at radius 2 is 1.92 bits per heavy atom. The largest absolute Gasteiger partial charge is 0.497 e. The van der Waals surface area contributed by atoms with E-state index in [1.54, 1.807) is 19.2 Å². The van der Waals surface area contributed by atoms with Gasteiger partial charge in [-0.2, -0.15) is 0 Å². The van der Waals surface area contributed by atoms with E-state index in [4.69, 9.17) is 4.74 Å². The molecular formula is C28H27FN4O2S. The zero-order valence-corrected chi connectivity index (χ0v) is 21.0. The number of urea groups is 1. The first-order valence-electron chi connectivity index (χ1n) is 12.0. The Kier molecular flexibility index (Phi) is 5.78. The smallest absolute Gasteiger partial charge is 0.322 e. The Labute approximate surface area is 213 Å². The number of nitrogens with one attached hydrogen (secondary N) is 1. The Balaban J connectivity index is 1.49. The second-order valence-electron chi connectivity index (χ2n) is 9.32. The number of amides is 2. The molecule has 2 amide bonds. The molecule has 0 unspecified atom stereocenters. The number of methoxy groups -OCH3 is 1. The third-order valence-electron chi connectivity index (χ3n) is 7.02. The molecule has 2 aliphatic heterocycles. The number of carbonyl (C=O) groups excluding carboxylic acids is 1. The summed E-state index contributed by atoms with van der Waals surface area (Å²) in [6, 6.07) is 17.3. The molecule has 4 aromatic rings. The van der Waals surface area contributed by atoms with Crippen LogP contribution in [0.5, 0.6) is 5.75 Å². The molecule has 6 nitrogen and oxygen atoms in total. The van der Waals surface area contributed by atoms with Gasteiger partial charge in [-0.25, -0.2) is 9.18 Å². The van der Waals surface area contributed by atoms with Crippen LogP contribution in [0.15, 0.2) is 66.9 Å². The summed E-state index contributed by atoms with van der Waals surface area (Å²) in [5, 5.41) is 4.18. The minimum Gasteiger partial charge on any atom is -0.497 e. The van der Waals surface area contributed by atoms with Crippen LogP contribution in [-0.2, 0) is 19.5 Å². The van der Waals surface area contributed by atoms with Gasteiger partial charge in [-0.1, -0.05) is 12.1 Å². The number of fused-ring (bicyclic) bond motifs is 5. The van der Waals surface area contributed by atoms with Gasteiger partial charge in [-0.15, -0.1) is 11.3 Å². The quantitative estimate of drug-likeness (QED) is 0.385. The second kappa shape index (κ2) is 9.11. The highest BCUT2D eigenvalue weighted by Gasteiger charge is 2.36. The van der Waals surface area contributed by atoms with Crippen molar-refractivity contribution in [1.29, 1.82) is 0 Å². The number of hydrogen-bond acceptors (Lipinski definition) is 4. The minimum atomic E-state index is -0.339. The monoisotopic (exact) mass is 502 g/mol. The van der Waals surface area contributed by atoms with Crippen LogP contribution in [0, 0.1) is 5.82 Å². The Hall–Kier alpha value is -3.62. The number of benzene rings is 2. The van der Waals surface area contributed by atoms with Crippen LogP contribution in [0.25, 0.3) is 5.00 Å². The summed E-state index contributed by atoms with van der Waals surface area (Å²) >= 11 is 1.82. The van der Waals surface area contributed by atoms with E-state index < -0.39 is 0 Å². The van der Waals surface area contributed by atoms with Crippen molar-refractivity contribution < 1.29 is 13.9 Å². The van der Waals surface area contributed by atoms with Crippen molar-refractivity contribution >= 4 is 23.1 Å². The number of hydrogen-bond donors (Lipinski definition) is 1. The lowest BCUT2D eigenvalue weighted by Crippen LogP contribution is -2.38. The molecule has 0 fully saturated rings. The highest BCUT2D eigenvalue weighted by molar-refractivity contribution is 7.15. The number of aromatic nitrogens is 1. The maximum absolute atomic E-state index is 13.9. The molecule has 36 heavy (non-hydrogen) atoms. The topological polar surface area (TPSA) is 49.7 Å². The number of halogens is 1. The van der Waals surface area contributed by atoms with Gasteiger partial charge in [0.15, 0.2) is 0 Å². The summed E-state index contributed by atoms with van der Waals surface area (Å²) < 4.78 is 21.3. The molecule has 0 radical (unpaired) electrons. The predicted octanol–water partition coefficient (Wildman–Crippen LogP) is 5.81. The van der Waals surface area contributed by atoms with Crippen LogP contribution in [0.4, 0.5) is 14.9 Å². The van der Waals surface area contributed by atoms with Gasteiger partial charge in [-0.3, -0.25) is 0 Å². The third kappa shape index (κ3) is 3.96. The van der Waals surface area contributed by atoms with E-state index in [0.29, 0.717) is 12.2 Å². The van der Waals surface area contributed by atoms with Gasteiger partial charge in [0.2, 0.25) is 0 Å². The average molecular weight is 503 g/mol. The van der Waals surface area contributed by atoms with Gasteiger partial charge in [-0.05, 0) is 73.1 Å². The van der Waals surface area contributed by atoms with Gasteiger partial charge in [0.25, 0.3) is 0 Å². The van der Waals surface area contributed by atoms with Crippen molar-refractivity contribution in [2.75, 3.05) is 26.0 Å². The standard InChI is InChI=1S/C28H27FN4O2S/c1-31-14-12-22-23-16-33(28(34)30-20-10-8-19(29)9-11-20)26(18-5-3-6-21(15-18)35-2)24-7-4-13-32(24)27(23)36-25(22)17-31/h3-11,13,15,26H,12,14,16-17H2,1-2H3,(H,30,34)/t26-/m0/s1. The second-order valence-corrected chi connectivity index (χ2v) is 10.4. The van der Waals surface area contributed by atoms with E-state index in [1.807, 2.05) is 46.6 Å². The number of rotatable bonds is 3. The maximum Gasteiger partial charge on any atom is 0.322 e. The normalized spacial score (nSPS) is 17.1. The van der Waals surface area contributed by atoms with Crippen molar-refractivity contribution in [3.8, 4) is 10.8 Å². The minimum absolute atomic E-state index is 0.233.